The summed E-state index contributed by atoms with van der Waals surface area (Å²) in [6.45, 7) is 2.16. The van der Waals surface area contributed by atoms with E-state index in [-0.39, 0.29) is 17.8 Å². The number of nitrogen functional groups attached to an aromatic ring is 2. The number of hydrogen-bond donors (Lipinski definition) is 3. The molecule has 0 fully saturated rings. The second kappa shape index (κ2) is 8.37. The summed E-state index contributed by atoms with van der Waals surface area (Å²) in [6, 6.07) is 12.4. The maximum Gasteiger partial charge on any atom is 0.286 e. The minimum atomic E-state index is 0.0396. The second-order valence-electron chi connectivity index (χ2n) is 6.50. The minimum absolute atomic E-state index is 0.0396. The fraction of sp³-hybridized carbons (Fsp3) is 0.150. The molecule has 0 saturated carbocycles. The molecule has 5 N–H and O–H groups in total. The summed E-state index contributed by atoms with van der Waals surface area (Å²) in [6.07, 6.45) is 5.99. The highest BCUT2D eigenvalue weighted by Crippen LogP contribution is 2.22. The van der Waals surface area contributed by atoms with Crippen LogP contribution >= 0.6 is 11.8 Å². The molecule has 0 bridgehead atoms. The molecule has 0 radical (unpaired) electrons. The van der Waals surface area contributed by atoms with Gasteiger partial charge in [0.05, 0.1) is 13.3 Å². The summed E-state index contributed by atoms with van der Waals surface area (Å²) >= 11 is 1.83. The number of thioether (sulfide) groups is 1. The van der Waals surface area contributed by atoms with Crippen molar-refractivity contribution in [2.75, 3.05) is 22.6 Å². The Hall–Kier alpha value is -3.66. The summed E-state index contributed by atoms with van der Waals surface area (Å²) in [5.74, 6) is 1.33. The Morgan fingerprint density at radius 2 is 1.80 bits per heavy atom. The third kappa shape index (κ3) is 4.18. The Morgan fingerprint density at radius 1 is 1.07 bits per heavy atom. The highest BCUT2D eigenvalue weighted by Gasteiger charge is 2.16. The lowest BCUT2D eigenvalue weighted by atomic mass is 10.1. The standard InChI is InChI=1S/C20H22N9S/c1-3-30-15-8-9-17-28(2)16(12-29(17)11-15)14-6-4-13(5-7-14)10-23-27-20-25-18(21)24-19(22)26-20/h4-12H,3H2,1-2H3,(H5,21,22,24,25,26,27)/q+1/b23-10+. The van der Waals surface area contributed by atoms with Crippen molar-refractivity contribution in [3.8, 4) is 11.3 Å². The molecule has 0 spiro atoms. The topological polar surface area (TPSA) is 124 Å². The Balaban J connectivity index is 1.52. The average molecular weight is 421 g/mol. The molecule has 0 aliphatic rings. The van der Waals surface area contributed by atoms with E-state index in [0.717, 1.165) is 28.2 Å². The van der Waals surface area contributed by atoms with Crippen molar-refractivity contribution in [2.45, 2.75) is 11.8 Å². The minimum Gasteiger partial charge on any atom is -0.368 e. The van der Waals surface area contributed by atoms with Crippen LogP contribution in [-0.2, 0) is 7.05 Å². The number of hydrogen-bond acceptors (Lipinski definition) is 8. The Morgan fingerprint density at radius 3 is 2.50 bits per heavy atom. The maximum absolute atomic E-state index is 5.54. The molecule has 4 aromatic rings. The van der Waals surface area contributed by atoms with E-state index >= 15 is 0 Å². The number of aryl methyl sites for hydroxylation is 1. The molecular weight excluding hydrogens is 398 g/mol. The average Bonchev–Trinajstić information content (AvgIpc) is 3.04. The van der Waals surface area contributed by atoms with E-state index in [4.69, 9.17) is 11.5 Å². The number of aromatic nitrogens is 5. The summed E-state index contributed by atoms with van der Waals surface area (Å²) < 4.78 is 4.35. The predicted molar refractivity (Wildman–Crippen MR) is 120 cm³/mol. The van der Waals surface area contributed by atoms with Gasteiger partial charge in [-0.1, -0.05) is 19.1 Å². The number of fused-ring (bicyclic) bond motifs is 1. The fourth-order valence-corrected chi connectivity index (χ4v) is 3.79. The van der Waals surface area contributed by atoms with E-state index in [9.17, 15) is 0 Å². The number of pyridine rings is 1. The van der Waals surface area contributed by atoms with E-state index in [1.807, 2.05) is 23.9 Å². The van der Waals surface area contributed by atoms with Crippen LogP contribution in [0.3, 0.4) is 0 Å². The van der Waals surface area contributed by atoms with E-state index < -0.39 is 0 Å². The molecule has 3 heterocycles. The Bertz CT molecular complexity index is 1190. The normalized spacial score (nSPS) is 11.4. The Kier molecular flexibility index (Phi) is 5.48. The van der Waals surface area contributed by atoms with Gasteiger partial charge in [-0.25, -0.2) is 14.4 Å². The van der Waals surface area contributed by atoms with Crippen LogP contribution in [0.1, 0.15) is 12.5 Å². The van der Waals surface area contributed by atoms with Crippen LogP contribution in [0, 0.1) is 0 Å². The number of nitrogens with two attached hydrogens (primary N) is 2. The fourth-order valence-electron chi connectivity index (χ4n) is 3.10. The third-order valence-corrected chi connectivity index (χ3v) is 5.32. The summed E-state index contributed by atoms with van der Waals surface area (Å²) in [5, 5.41) is 4.13. The summed E-state index contributed by atoms with van der Waals surface area (Å²) in [7, 11) is 2.07. The first kappa shape index (κ1) is 19.6. The van der Waals surface area contributed by atoms with E-state index in [1.165, 1.54) is 4.90 Å². The zero-order valence-corrected chi connectivity index (χ0v) is 17.5. The molecule has 0 aliphatic carbocycles. The lowest BCUT2D eigenvalue weighted by Gasteiger charge is -2.01. The molecule has 0 aliphatic heterocycles. The van der Waals surface area contributed by atoms with Crippen LogP contribution in [-0.4, -0.2) is 31.5 Å². The van der Waals surface area contributed by atoms with Crippen molar-refractivity contribution in [3.05, 3.63) is 54.4 Å². The van der Waals surface area contributed by atoms with Crippen LogP contribution in [0.15, 0.2) is 58.8 Å². The van der Waals surface area contributed by atoms with Gasteiger partial charge in [-0.3, -0.25) is 0 Å². The predicted octanol–water partition coefficient (Wildman–Crippen LogP) is 2.34. The van der Waals surface area contributed by atoms with Gasteiger partial charge in [0, 0.05) is 16.5 Å². The van der Waals surface area contributed by atoms with Crippen LogP contribution in [0.5, 0.6) is 0 Å². The number of hydrazone groups is 1. The van der Waals surface area contributed by atoms with Crippen molar-refractivity contribution < 1.29 is 4.40 Å². The van der Waals surface area contributed by atoms with Gasteiger partial charge in [-0.05, 0) is 29.5 Å². The van der Waals surface area contributed by atoms with Crippen molar-refractivity contribution in [1.82, 2.24) is 19.5 Å². The van der Waals surface area contributed by atoms with Crippen molar-refractivity contribution in [2.24, 2.45) is 12.1 Å². The SMILES string of the molecule is CCSc1ccc2n(C)c(-c3ccc(/C=N/Nc4nc(N)nc(N)n4)cc3)c[n+]2c1. The van der Waals surface area contributed by atoms with Gasteiger partial charge in [0.2, 0.25) is 17.8 Å². The van der Waals surface area contributed by atoms with Crippen molar-refractivity contribution in [3.63, 3.8) is 0 Å². The summed E-state index contributed by atoms with van der Waals surface area (Å²) in [4.78, 5) is 12.8. The molecule has 10 heteroatoms. The van der Waals surface area contributed by atoms with E-state index in [0.29, 0.717) is 0 Å². The second-order valence-corrected chi connectivity index (χ2v) is 7.84. The van der Waals surface area contributed by atoms with Gasteiger partial charge in [0.15, 0.2) is 5.69 Å². The number of nitrogens with zero attached hydrogens (tertiary/aromatic N) is 6. The van der Waals surface area contributed by atoms with Crippen LogP contribution in [0.25, 0.3) is 16.9 Å². The summed E-state index contributed by atoms with van der Waals surface area (Å²) in [5.41, 5.74) is 18.1. The van der Waals surface area contributed by atoms with E-state index in [1.54, 1.807) is 6.21 Å². The first-order valence-electron chi connectivity index (χ1n) is 9.33. The smallest absolute Gasteiger partial charge is 0.286 e. The van der Waals surface area contributed by atoms with Crippen LogP contribution in [0.2, 0.25) is 0 Å². The van der Waals surface area contributed by atoms with Gasteiger partial charge in [0.1, 0.15) is 12.4 Å². The number of anilines is 3. The van der Waals surface area contributed by atoms with Crippen molar-refractivity contribution >= 4 is 41.5 Å². The first-order chi connectivity index (χ1) is 14.5. The first-order valence-corrected chi connectivity index (χ1v) is 10.3. The lowest BCUT2D eigenvalue weighted by molar-refractivity contribution is -0.512. The number of rotatable bonds is 6. The highest BCUT2D eigenvalue weighted by molar-refractivity contribution is 7.99. The van der Waals surface area contributed by atoms with Crippen molar-refractivity contribution in [1.29, 1.82) is 0 Å². The number of imidazole rings is 1. The molecule has 1 aromatic carbocycles. The lowest BCUT2D eigenvalue weighted by Crippen LogP contribution is -2.18. The van der Waals surface area contributed by atoms with Gasteiger partial charge >= 0.3 is 0 Å². The largest absolute Gasteiger partial charge is 0.368 e. The molecular formula is C20H22N9S+. The zero-order valence-electron chi connectivity index (χ0n) is 16.6. The number of nitrogens with one attached hydrogen (secondary N) is 1. The molecule has 152 valence electrons. The molecule has 0 unspecified atom stereocenters. The quantitative estimate of drug-likeness (QED) is 0.189. The maximum atomic E-state index is 5.54. The van der Waals surface area contributed by atoms with Gasteiger partial charge < -0.3 is 11.5 Å². The van der Waals surface area contributed by atoms with Gasteiger partial charge in [0.25, 0.3) is 5.65 Å². The van der Waals surface area contributed by atoms with Crippen LogP contribution in [0.4, 0.5) is 17.8 Å². The molecule has 3 aromatic heterocycles. The Labute approximate surface area is 177 Å². The molecule has 0 atom stereocenters. The monoisotopic (exact) mass is 420 g/mol. The molecule has 0 amide bonds. The van der Waals surface area contributed by atoms with Crippen LogP contribution < -0.4 is 21.3 Å². The van der Waals surface area contributed by atoms with Gasteiger partial charge in [-0.2, -0.15) is 20.1 Å². The highest BCUT2D eigenvalue weighted by atomic mass is 32.2. The molecule has 9 nitrogen and oxygen atoms in total. The van der Waals surface area contributed by atoms with E-state index in [2.05, 4.69) is 85.1 Å². The number of benzene rings is 1. The zero-order chi connectivity index (χ0) is 21.1. The van der Waals surface area contributed by atoms with Gasteiger partial charge in [-0.15, -0.1) is 11.8 Å². The molecule has 0 saturated heterocycles. The third-order valence-electron chi connectivity index (χ3n) is 4.46. The molecule has 4 rings (SSSR count). The molecule has 30 heavy (non-hydrogen) atoms.